The largest absolute Gasteiger partial charge is 0.463 e. The maximum Gasteiger partial charge on any atom is 0.338 e. The summed E-state index contributed by atoms with van der Waals surface area (Å²) in [7, 11) is -2.08. The van der Waals surface area contributed by atoms with Crippen LogP contribution in [0.1, 0.15) is 56.3 Å². The smallest absolute Gasteiger partial charge is 0.338 e. The van der Waals surface area contributed by atoms with Crippen molar-refractivity contribution in [3.8, 4) is 0 Å². The molecule has 186 valence electrons. The lowest BCUT2D eigenvalue weighted by atomic mass is 9.96. The number of ether oxygens (including phenoxy) is 2. The highest BCUT2D eigenvalue weighted by molar-refractivity contribution is 7.89. The van der Waals surface area contributed by atoms with Gasteiger partial charge in [-0.25, -0.2) is 22.8 Å². The number of sulfonamides is 1. The summed E-state index contributed by atoms with van der Waals surface area (Å²) in [6.07, 6.45) is 4.83. The first-order valence-electron chi connectivity index (χ1n) is 11.4. The van der Waals surface area contributed by atoms with Gasteiger partial charge in [0, 0.05) is 13.1 Å². The van der Waals surface area contributed by atoms with Crippen LogP contribution in [0.15, 0.2) is 40.4 Å². The molecule has 1 aliphatic carbocycles. The number of carbonyl (C=O) groups excluding carboxylic acids is 3. The van der Waals surface area contributed by atoms with Crippen molar-refractivity contribution in [1.29, 1.82) is 0 Å². The lowest BCUT2D eigenvalue weighted by Crippen LogP contribution is -2.50. The van der Waals surface area contributed by atoms with Crippen molar-refractivity contribution in [2.24, 2.45) is 0 Å². The van der Waals surface area contributed by atoms with E-state index in [-0.39, 0.29) is 41.0 Å². The van der Waals surface area contributed by atoms with Crippen LogP contribution in [0.25, 0.3) is 0 Å². The molecule has 0 saturated heterocycles. The van der Waals surface area contributed by atoms with Crippen LogP contribution in [-0.4, -0.2) is 63.0 Å². The Labute approximate surface area is 199 Å². The van der Waals surface area contributed by atoms with Crippen molar-refractivity contribution in [3.63, 3.8) is 0 Å². The number of hydrogen-bond acceptors (Lipinski definition) is 7. The number of nitrogens with zero attached hydrogens (tertiary/aromatic N) is 1. The highest BCUT2D eigenvalue weighted by Crippen LogP contribution is 2.26. The Morgan fingerprint density at radius 1 is 1.06 bits per heavy atom. The van der Waals surface area contributed by atoms with Gasteiger partial charge < -0.3 is 20.1 Å². The summed E-state index contributed by atoms with van der Waals surface area (Å²) in [5, 5.41) is 5.04. The lowest BCUT2D eigenvalue weighted by Gasteiger charge is -2.30. The molecular weight excluding hydrogens is 462 g/mol. The molecule has 1 unspecified atom stereocenters. The van der Waals surface area contributed by atoms with Gasteiger partial charge in [0.05, 0.1) is 34.4 Å². The fraction of sp³-hybridized carbons (Fsp3) is 0.522. The van der Waals surface area contributed by atoms with E-state index in [1.165, 1.54) is 28.6 Å². The zero-order valence-corrected chi connectivity index (χ0v) is 20.4. The molecule has 1 aromatic rings. The molecule has 2 amide bonds. The van der Waals surface area contributed by atoms with Crippen LogP contribution in [0.4, 0.5) is 4.79 Å². The molecule has 1 aromatic carbocycles. The Hall–Kier alpha value is -2.92. The standard InChI is InChI=1S/C23H31N3O7S/c1-4-32-22(28)20-15(2)24-23(29)25-19(20)14-33-21(27)16-10-12-18(13-11-16)34(30,31)26(3)17-8-6-5-7-9-17/h10-13,15,17H,4-9,14H2,1-3H3,(H2,24,25,29). The maximum absolute atomic E-state index is 13.0. The molecule has 0 radical (unpaired) electrons. The number of esters is 2. The van der Waals surface area contributed by atoms with Gasteiger partial charge in [0.25, 0.3) is 0 Å². The average molecular weight is 494 g/mol. The predicted octanol–water partition coefficient (Wildman–Crippen LogP) is 2.32. The first-order chi connectivity index (χ1) is 16.1. The molecular formula is C23H31N3O7S. The molecule has 1 saturated carbocycles. The maximum atomic E-state index is 13.0. The average Bonchev–Trinajstić information content (AvgIpc) is 2.82. The summed E-state index contributed by atoms with van der Waals surface area (Å²) in [5.41, 5.74) is 0.448. The van der Waals surface area contributed by atoms with Crippen molar-refractivity contribution >= 4 is 28.0 Å². The van der Waals surface area contributed by atoms with Crippen molar-refractivity contribution < 1.29 is 32.3 Å². The molecule has 34 heavy (non-hydrogen) atoms. The zero-order valence-electron chi connectivity index (χ0n) is 19.6. The fourth-order valence-corrected chi connectivity index (χ4v) is 5.60. The van der Waals surface area contributed by atoms with E-state index in [1.807, 2.05) is 0 Å². The third kappa shape index (κ3) is 5.76. The Morgan fingerprint density at radius 3 is 2.32 bits per heavy atom. The predicted molar refractivity (Wildman–Crippen MR) is 123 cm³/mol. The molecule has 11 heteroatoms. The summed E-state index contributed by atoms with van der Waals surface area (Å²) < 4.78 is 37.7. The van der Waals surface area contributed by atoms with Crippen LogP contribution in [-0.2, 0) is 24.3 Å². The lowest BCUT2D eigenvalue weighted by molar-refractivity contribution is -0.139. The molecule has 1 atom stereocenters. The number of hydrogen-bond donors (Lipinski definition) is 2. The van der Waals surface area contributed by atoms with Crippen LogP contribution in [0, 0.1) is 0 Å². The summed E-state index contributed by atoms with van der Waals surface area (Å²) in [6, 6.07) is 4.36. The molecule has 10 nitrogen and oxygen atoms in total. The van der Waals surface area contributed by atoms with Crippen LogP contribution in [0.2, 0.25) is 0 Å². The number of rotatable bonds is 8. The van der Waals surface area contributed by atoms with E-state index in [0.29, 0.717) is 0 Å². The number of urea groups is 1. The molecule has 0 aromatic heterocycles. The molecule has 0 spiro atoms. The Balaban J connectivity index is 1.70. The van der Waals surface area contributed by atoms with E-state index in [4.69, 9.17) is 9.47 Å². The first-order valence-corrected chi connectivity index (χ1v) is 12.8. The number of carbonyl (C=O) groups is 3. The number of nitrogens with one attached hydrogen (secondary N) is 2. The monoisotopic (exact) mass is 493 g/mol. The normalized spacial score (nSPS) is 19.4. The topological polar surface area (TPSA) is 131 Å². The van der Waals surface area contributed by atoms with E-state index in [9.17, 15) is 22.8 Å². The third-order valence-corrected chi connectivity index (χ3v) is 7.99. The molecule has 2 aliphatic rings. The second-order valence-corrected chi connectivity index (χ2v) is 10.3. The summed E-state index contributed by atoms with van der Waals surface area (Å²) in [6.45, 7) is 3.08. The van der Waals surface area contributed by atoms with E-state index < -0.39 is 34.0 Å². The van der Waals surface area contributed by atoms with Gasteiger partial charge in [0.1, 0.15) is 6.61 Å². The van der Waals surface area contributed by atoms with Crippen molar-refractivity contribution in [2.75, 3.05) is 20.3 Å². The summed E-state index contributed by atoms with van der Waals surface area (Å²) in [4.78, 5) is 36.7. The minimum Gasteiger partial charge on any atom is -0.463 e. The zero-order chi connectivity index (χ0) is 24.9. The molecule has 0 bridgehead atoms. The Morgan fingerprint density at radius 2 is 1.71 bits per heavy atom. The molecule has 1 heterocycles. The van der Waals surface area contributed by atoms with Crippen molar-refractivity contribution in [2.45, 2.75) is 62.9 Å². The molecule has 3 rings (SSSR count). The van der Waals surface area contributed by atoms with Gasteiger partial charge in [-0.2, -0.15) is 4.31 Å². The summed E-state index contributed by atoms with van der Waals surface area (Å²) in [5.74, 6) is -1.34. The SMILES string of the molecule is CCOC(=O)C1=C(COC(=O)c2ccc(S(=O)(=O)N(C)C3CCCCC3)cc2)NC(=O)NC1C. The fourth-order valence-electron chi connectivity index (χ4n) is 4.18. The second-order valence-electron chi connectivity index (χ2n) is 8.35. The highest BCUT2D eigenvalue weighted by atomic mass is 32.2. The van der Waals surface area contributed by atoms with Crippen molar-refractivity contribution in [3.05, 3.63) is 41.1 Å². The van der Waals surface area contributed by atoms with Crippen LogP contribution in [0.3, 0.4) is 0 Å². The molecule has 1 aliphatic heterocycles. The third-order valence-electron chi connectivity index (χ3n) is 6.07. The number of benzene rings is 1. The van der Waals surface area contributed by atoms with E-state index in [1.54, 1.807) is 20.9 Å². The van der Waals surface area contributed by atoms with Gasteiger partial charge in [-0.3, -0.25) is 0 Å². The minimum atomic E-state index is -3.68. The quantitative estimate of drug-likeness (QED) is 0.531. The Kier molecular flexibility index (Phi) is 8.32. The van der Waals surface area contributed by atoms with Gasteiger partial charge >= 0.3 is 18.0 Å². The molecule has 2 N–H and O–H groups in total. The minimum absolute atomic E-state index is 0.0205. The van der Waals surface area contributed by atoms with Gasteiger partial charge in [-0.05, 0) is 51.0 Å². The van der Waals surface area contributed by atoms with Gasteiger partial charge in [0.15, 0.2) is 0 Å². The van der Waals surface area contributed by atoms with Gasteiger partial charge in [-0.1, -0.05) is 19.3 Å². The van der Waals surface area contributed by atoms with Crippen molar-refractivity contribution in [1.82, 2.24) is 14.9 Å². The highest BCUT2D eigenvalue weighted by Gasteiger charge is 2.31. The van der Waals surface area contributed by atoms with E-state index in [0.717, 1.165) is 32.1 Å². The van der Waals surface area contributed by atoms with Crippen LogP contribution >= 0.6 is 0 Å². The van der Waals surface area contributed by atoms with Gasteiger partial charge in [-0.15, -0.1) is 0 Å². The molecule has 1 fully saturated rings. The first kappa shape index (κ1) is 25.7. The van der Waals surface area contributed by atoms with Gasteiger partial charge in [0.2, 0.25) is 10.0 Å². The van der Waals surface area contributed by atoms with Crippen LogP contribution in [0.5, 0.6) is 0 Å². The number of amides is 2. The van der Waals surface area contributed by atoms with E-state index in [2.05, 4.69) is 10.6 Å². The van der Waals surface area contributed by atoms with E-state index >= 15 is 0 Å². The summed E-state index contributed by atoms with van der Waals surface area (Å²) >= 11 is 0. The second kappa shape index (κ2) is 11.0. The van der Waals surface area contributed by atoms with Crippen LogP contribution < -0.4 is 10.6 Å². The Bertz CT molecular complexity index is 1060.